The van der Waals surface area contributed by atoms with Crippen molar-refractivity contribution < 1.29 is 14.7 Å². The number of carbonyl (C=O) groups excluding carboxylic acids is 2. The van der Waals surface area contributed by atoms with Crippen molar-refractivity contribution in [2.24, 2.45) is 5.92 Å². The van der Waals surface area contributed by atoms with Gasteiger partial charge in [0.25, 0.3) is 5.91 Å². The maximum atomic E-state index is 13.8. The molecule has 3 amide bonds. The first-order valence-electron chi connectivity index (χ1n) is 11.7. The number of carbonyl (C=O) groups is 2. The van der Waals surface area contributed by atoms with Crippen LogP contribution in [-0.4, -0.2) is 57.0 Å². The van der Waals surface area contributed by atoms with E-state index in [1.165, 1.54) is 4.90 Å². The van der Waals surface area contributed by atoms with Crippen LogP contribution in [0.5, 0.6) is 5.75 Å². The zero-order valence-corrected chi connectivity index (χ0v) is 21.1. The van der Waals surface area contributed by atoms with Crippen molar-refractivity contribution in [3.05, 3.63) is 63.8 Å². The van der Waals surface area contributed by atoms with E-state index in [2.05, 4.69) is 46.1 Å². The summed E-state index contributed by atoms with van der Waals surface area (Å²) in [5.74, 6) is 0.434. The molecule has 0 saturated carbocycles. The third kappa shape index (κ3) is 3.60. The van der Waals surface area contributed by atoms with E-state index in [4.69, 9.17) is 0 Å². The standard InChI is InChI=1S/C26H29BrN4O3/c1-15(2)14-28-9-10-30-24(33)26(3)13-20-19-12-17(27)7-8-21(19)29-22(20)23(31(26)25(30)34)16-5-4-6-18(32)11-16/h4-8,11-12,15,23,28-29,32H,9-10,13-14H2,1-3H3/t23-,26+/m1/s1. The van der Waals surface area contributed by atoms with Crippen molar-refractivity contribution in [2.75, 3.05) is 19.6 Å². The molecule has 0 radical (unpaired) electrons. The Balaban J connectivity index is 1.61. The summed E-state index contributed by atoms with van der Waals surface area (Å²) in [5, 5.41) is 14.6. The van der Waals surface area contributed by atoms with E-state index in [-0.39, 0.29) is 17.7 Å². The van der Waals surface area contributed by atoms with Crippen molar-refractivity contribution >= 4 is 38.8 Å². The Morgan fingerprint density at radius 3 is 2.76 bits per heavy atom. The molecule has 5 rings (SSSR count). The Hall–Kier alpha value is -2.84. The largest absolute Gasteiger partial charge is 0.508 e. The van der Waals surface area contributed by atoms with Gasteiger partial charge in [-0.05, 0) is 60.8 Å². The van der Waals surface area contributed by atoms with Gasteiger partial charge >= 0.3 is 6.03 Å². The number of nitrogens with zero attached hydrogens (tertiary/aromatic N) is 2. The summed E-state index contributed by atoms with van der Waals surface area (Å²) in [6.45, 7) is 7.81. The zero-order valence-electron chi connectivity index (χ0n) is 19.6. The lowest BCUT2D eigenvalue weighted by molar-refractivity contribution is -0.133. The molecule has 34 heavy (non-hydrogen) atoms. The third-order valence-corrected chi connectivity index (χ3v) is 7.37. The van der Waals surface area contributed by atoms with Gasteiger partial charge in [0, 0.05) is 40.6 Å². The van der Waals surface area contributed by atoms with Gasteiger partial charge in [-0.2, -0.15) is 0 Å². The average molecular weight is 525 g/mol. The average Bonchev–Trinajstić information content (AvgIpc) is 3.22. The van der Waals surface area contributed by atoms with Crippen molar-refractivity contribution in [1.29, 1.82) is 0 Å². The van der Waals surface area contributed by atoms with Crippen LogP contribution in [-0.2, 0) is 11.2 Å². The highest BCUT2D eigenvalue weighted by molar-refractivity contribution is 9.10. The van der Waals surface area contributed by atoms with Crippen LogP contribution in [0.15, 0.2) is 46.9 Å². The number of urea groups is 1. The zero-order chi connectivity index (χ0) is 24.2. The number of hydrogen-bond acceptors (Lipinski definition) is 4. The molecule has 3 heterocycles. The van der Waals surface area contributed by atoms with Crippen LogP contribution in [0.3, 0.4) is 0 Å². The molecule has 0 bridgehead atoms. The molecule has 3 N–H and O–H groups in total. The number of fused-ring (bicyclic) bond motifs is 4. The lowest BCUT2D eigenvalue weighted by Gasteiger charge is -2.42. The predicted molar refractivity (Wildman–Crippen MR) is 135 cm³/mol. The maximum absolute atomic E-state index is 13.8. The molecule has 1 fully saturated rings. The number of hydrogen-bond donors (Lipinski definition) is 3. The quantitative estimate of drug-likeness (QED) is 0.326. The highest BCUT2D eigenvalue weighted by Crippen LogP contribution is 2.49. The summed E-state index contributed by atoms with van der Waals surface area (Å²) in [4.78, 5) is 34.1. The van der Waals surface area contributed by atoms with E-state index in [0.29, 0.717) is 25.4 Å². The number of nitrogens with one attached hydrogen (secondary N) is 2. The number of phenolic OH excluding ortho intramolecular Hbond substituents is 1. The Morgan fingerprint density at radius 2 is 2.03 bits per heavy atom. The normalized spacial score (nSPS) is 22.1. The number of H-pyrrole nitrogens is 1. The third-order valence-electron chi connectivity index (χ3n) is 6.88. The van der Waals surface area contributed by atoms with Gasteiger partial charge < -0.3 is 15.4 Å². The van der Waals surface area contributed by atoms with Gasteiger partial charge in [0.05, 0.1) is 0 Å². The Kier molecular flexibility index (Phi) is 5.68. The van der Waals surface area contributed by atoms with Gasteiger partial charge in [0.15, 0.2) is 0 Å². The number of aromatic amines is 1. The van der Waals surface area contributed by atoms with E-state index in [9.17, 15) is 14.7 Å². The molecule has 8 heteroatoms. The highest BCUT2D eigenvalue weighted by atomic mass is 79.9. The van der Waals surface area contributed by atoms with Crippen LogP contribution in [0.4, 0.5) is 4.79 Å². The Morgan fingerprint density at radius 1 is 1.24 bits per heavy atom. The maximum Gasteiger partial charge on any atom is 0.328 e. The fraction of sp³-hybridized carbons (Fsp3) is 0.385. The molecule has 0 spiro atoms. The van der Waals surface area contributed by atoms with Gasteiger partial charge in [-0.1, -0.05) is 41.9 Å². The minimum absolute atomic E-state index is 0.123. The van der Waals surface area contributed by atoms with Gasteiger partial charge in [-0.15, -0.1) is 0 Å². The number of aromatic nitrogens is 1. The first-order valence-corrected chi connectivity index (χ1v) is 12.4. The number of imide groups is 1. The van der Waals surface area contributed by atoms with Crippen LogP contribution in [0.1, 0.15) is 43.6 Å². The monoisotopic (exact) mass is 524 g/mol. The fourth-order valence-electron chi connectivity index (χ4n) is 5.31. The van der Waals surface area contributed by atoms with Crippen LogP contribution in [0, 0.1) is 5.92 Å². The second kappa shape index (κ2) is 8.43. The van der Waals surface area contributed by atoms with E-state index >= 15 is 0 Å². The van der Waals surface area contributed by atoms with Gasteiger partial charge in [0.1, 0.15) is 17.3 Å². The van der Waals surface area contributed by atoms with Gasteiger partial charge in [0.2, 0.25) is 0 Å². The van der Waals surface area contributed by atoms with E-state index in [1.54, 1.807) is 23.1 Å². The second-order valence-corrected chi connectivity index (χ2v) is 10.8. The van der Waals surface area contributed by atoms with Crippen LogP contribution in [0.25, 0.3) is 10.9 Å². The minimum Gasteiger partial charge on any atom is -0.508 e. The molecular weight excluding hydrogens is 496 g/mol. The van der Waals surface area contributed by atoms with Crippen molar-refractivity contribution in [3.63, 3.8) is 0 Å². The summed E-state index contributed by atoms with van der Waals surface area (Å²) in [5.41, 5.74) is 2.62. The number of benzene rings is 2. The number of rotatable bonds is 6. The molecule has 1 saturated heterocycles. The van der Waals surface area contributed by atoms with Gasteiger partial charge in [-0.3, -0.25) is 14.6 Å². The van der Waals surface area contributed by atoms with Crippen molar-refractivity contribution in [1.82, 2.24) is 20.1 Å². The second-order valence-electron chi connectivity index (χ2n) is 9.86. The predicted octanol–water partition coefficient (Wildman–Crippen LogP) is 4.55. The number of halogens is 1. The van der Waals surface area contributed by atoms with Gasteiger partial charge in [-0.25, -0.2) is 4.79 Å². The van der Waals surface area contributed by atoms with Crippen LogP contribution >= 0.6 is 15.9 Å². The summed E-state index contributed by atoms with van der Waals surface area (Å²) in [6, 6.07) is 12.2. The molecule has 2 aromatic carbocycles. The molecule has 3 aromatic rings. The number of aromatic hydroxyl groups is 1. The summed E-state index contributed by atoms with van der Waals surface area (Å²) in [6.07, 6.45) is 0.425. The van der Waals surface area contributed by atoms with Crippen molar-refractivity contribution in [3.8, 4) is 5.75 Å². The number of amides is 3. The number of phenols is 1. The lowest BCUT2D eigenvalue weighted by Crippen LogP contribution is -2.53. The SMILES string of the molecule is CC(C)CNCCN1C(=O)N2[C@H](c3cccc(O)c3)c3[nH]c4ccc(Br)cc4c3C[C@@]2(C)C1=O. The Labute approximate surface area is 207 Å². The molecule has 2 aliphatic heterocycles. The summed E-state index contributed by atoms with van der Waals surface area (Å²) in [7, 11) is 0. The van der Waals surface area contributed by atoms with E-state index < -0.39 is 11.6 Å². The van der Waals surface area contributed by atoms with Crippen LogP contribution < -0.4 is 5.32 Å². The molecule has 0 aliphatic carbocycles. The first kappa shape index (κ1) is 22.9. The molecule has 0 unspecified atom stereocenters. The fourth-order valence-corrected chi connectivity index (χ4v) is 5.67. The molecule has 2 aliphatic rings. The molecule has 1 aromatic heterocycles. The summed E-state index contributed by atoms with van der Waals surface area (Å²) < 4.78 is 0.954. The highest BCUT2D eigenvalue weighted by Gasteiger charge is 2.60. The first-order chi connectivity index (χ1) is 16.2. The molecule has 7 nitrogen and oxygen atoms in total. The lowest BCUT2D eigenvalue weighted by atomic mass is 9.81. The molecule has 178 valence electrons. The summed E-state index contributed by atoms with van der Waals surface area (Å²) >= 11 is 3.57. The van der Waals surface area contributed by atoms with E-state index in [1.807, 2.05) is 25.1 Å². The van der Waals surface area contributed by atoms with Crippen molar-refractivity contribution in [2.45, 2.75) is 38.8 Å². The topological polar surface area (TPSA) is 88.7 Å². The smallest absolute Gasteiger partial charge is 0.328 e. The van der Waals surface area contributed by atoms with E-state index in [0.717, 1.165) is 38.7 Å². The minimum atomic E-state index is -1.02. The molecule has 2 atom stereocenters. The Bertz CT molecular complexity index is 1290. The molecular formula is C26H29BrN4O3. The van der Waals surface area contributed by atoms with Crippen LogP contribution in [0.2, 0.25) is 0 Å².